The van der Waals surface area contributed by atoms with Crippen molar-refractivity contribution in [2.24, 2.45) is 0 Å². The highest BCUT2D eigenvalue weighted by Gasteiger charge is 2.18. The standard InChI is InChI=1S/C20H28O2S.C19H26O5.C18H24O5.C17H22O4.C16H20O4.C14H24O2S/c1-15(2)17-9-11-18(12-10-17)21-13-19(22-16(3)4)14-23-20-7-5-6-8-20;1-14(2)16-7-9-17(10-8-16)22-12-13-23-18(20)6-5-11-24-19(21)15(3)4;1-4-17(19)22-11-5-6-18(20)23-13-12-21-16-9-7-15(8-10-16)14(2)3;1-12(2)15-7-5-14(6-8-15)11-16(18)20-9-10-21-17(19)13(3)4;1-4-15(17)19-9-10-20-16(18)11-13-5-7-14(8-6-13)12(2)3;1-11(2)15-9-13(16-12(3)4)10-17-14-7-5-6-8-14/h5,7-12,15-16,19H,6,13-14H2,1-4H3;7-10,14H,3,5-6,11-13H2,1-2,4H3;4,7-10,14H,1,5-6,11-13H2,2-3H3;5-8,12H,3,9-11H2,1-2,4H3;4-8,12H,1,9-11H2,2-3H3;5,7-8,11-13H,6,9-10H2,1-4H3. The molecule has 2 aliphatic carbocycles. The quantitative estimate of drug-likeness (QED) is 0.0151. The highest BCUT2D eigenvalue weighted by molar-refractivity contribution is 8.03. The van der Waals surface area contributed by atoms with E-state index in [0.29, 0.717) is 80.0 Å². The van der Waals surface area contributed by atoms with Gasteiger partial charge in [-0.3, -0.25) is 19.2 Å². The van der Waals surface area contributed by atoms with Crippen LogP contribution in [0.5, 0.6) is 17.2 Å². The number of hydrogen-bond donors (Lipinski definition) is 0. The van der Waals surface area contributed by atoms with Crippen molar-refractivity contribution in [2.45, 2.75) is 236 Å². The number of rotatable bonds is 51. The summed E-state index contributed by atoms with van der Waals surface area (Å²) in [6.07, 6.45) is 20.2. The smallest absolute Gasteiger partial charge is 0.333 e. The van der Waals surface area contributed by atoms with Crippen molar-refractivity contribution in [1.29, 1.82) is 0 Å². The molecule has 0 heterocycles. The van der Waals surface area contributed by atoms with Gasteiger partial charge in [0.1, 0.15) is 82.8 Å². The van der Waals surface area contributed by atoms with Crippen LogP contribution in [0.25, 0.3) is 0 Å². The zero-order valence-corrected chi connectivity index (χ0v) is 80.8. The van der Waals surface area contributed by atoms with E-state index in [1.54, 1.807) is 13.8 Å². The Hall–Kier alpha value is -10.2. The second-order valence-electron chi connectivity index (χ2n) is 32.1. The predicted molar refractivity (Wildman–Crippen MR) is 512 cm³/mol. The summed E-state index contributed by atoms with van der Waals surface area (Å²) in [6.45, 7) is 53.3. The van der Waals surface area contributed by atoms with Crippen LogP contribution in [-0.2, 0) is 103 Å². The van der Waals surface area contributed by atoms with Crippen LogP contribution in [0.2, 0.25) is 0 Å². The summed E-state index contributed by atoms with van der Waals surface area (Å²) in [6, 6.07) is 39.9. The maximum Gasteiger partial charge on any atom is 0.333 e. The third-order valence-electron chi connectivity index (χ3n) is 17.9. The molecular formula is C104H144O22S2. The molecule has 24 heteroatoms. The molecule has 5 aromatic rings. The lowest BCUT2D eigenvalue weighted by atomic mass is 10.0. The molecule has 2 atom stereocenters. The highest BCUT2D eigenvalue weighted by Crippen LogP contribution is 2.28. The van der Waals surface area contributed by atoms with Gasteiger partial charge in [-0.05, 0) is 186 Å². The number of thioether (sulfide) groups is 2. The van der Waals surface area contributed by atoms with Crippen molar-refractivity contribution in [1.82, 2.24) is 0 Å². The van der Waals surface area contributed by atoms with Crippen molar-refractivity contribution < 1.29 is 105 Å². The minimum atomic E-state index is -0.523. The number of allylic oxidation sites excluding steroid dienone is 6. The first-order chi connectivity index (χ1) is 61.0. The molecule has 7 rings (SSSR count). The summed E-state index contributed by atoms with van der Waals surface area (Å²) in [5.74, 6) is 3.46. The van der Waals surface area contributed by atoms with Gasteiger partial charge in [-0.1, -0.05) is 217 Å². The van der Waals surface area contributed by atoms with E-state index < -0.39 is 23.9 Å². The molecule has 128 heavy (non-hydrogen) atoms. The fourth-order valence-corrected chi connectivity index (χ4v) is 12.7. The fourth-order valence-electron chi connectivity index (χ4n) is 10.8. The fraction of sp³-hybridized carbons (Fsp3) is 0.481. The van der Waals surface area contributed by atoms with Gasteiger partial charge >= 0.3 is 47.8 Å². The van der Waals surface area contributed by atoms with E-state index in [1.165, 1.54) is 37.6 Å². The van der Waals surface area contributed by atoms with Crippen LogP contribution in [0.4, 0.5) is 0 Å². The van der Waals surface area contributed by atoms with E-state index in [-0.39, 0.29) is 133 Å². The number of hydrogen-bond acceptors (Lipinski definition) is 24. The van der Waals surface area contributed by atoms with E-state index in [4.69, 9.17) is 66.3 Å². The molecule has 0 fully saturated rings. The highest BCUT2D eigenvalue weighted by atomic mass is 32.2. The van der Waals surface area contributed by atoms with Gasteiger partial charge in [0.05, 0.1) is 57.1 Å². The molecule has 0 aliphatic heterocycles. The first-order valence-electron chi connectivity index (χ1n) is 44.1. The molecule has 0 N–H and O–H groups in total. The summed E-state index contributed by atoms with van der Waals surface area (Å²) in [4.78, 5) is 92.6. The van der Waals surface area contributed by atoms with E-state index in [0.717, 1.165) is 64.9 Å². The van der Waals surface area contributed by atoms with Gasteiger partial charge < -0.3 is 66.3 Å². The molecule has 0 aromatic heterocycles. The molecule has 0 spiro atoms. The molecule has 0 saturated heterocycles. The van der Waals surface area contributed by atoms with Crippen molar-refractivity contribution in [3.63, 3.8) is 0 Å². The minimum absolute atomic E-state index is 0.0445. The van der Waals surface area contributed by atoms with Gasteiger partial charge in [0.2, 0.25) is 0 Å². The van der Waals surface area contributed by atoms with Crippen LogP contribution in [0, 0.1) is 0 Å². The van der Waals surface area contributed by atoms with E-state index in [9.17, 15) is 38.4 Å². The van der Waals surface area contributed by atoms with Gasteiger partial charge in [0.25, 0.3) is 0 Å². The lowest BCUT2D eigenvalue weighted by molar-refractivity contribution is -0.149. The lowest BCUT2D eigenvalue weighted by Crippen LogP contribution is -2.27. The normalized spacial score (nSPS) is 12.0. The zero-order chi connectivity index (χ0) is 95.1. The van der Waals surface area contributed by atoms with Gasteiger partial charge in [-0.25, -0.2) is 19.2 Å². The summed E-state index contributed by atoms with van der Waals surface area (Å²) in [7, 11) is 0. The first kappa shape index (κ1) is 114. The Labute approximate surface area is 771 Å². The molecule has 2 aliphatic rings. The number of carbonyl (C=O) groups is 8. The molecular weight excluding hydrogens is 1670 g/mol. The Morgan fingerprint density at radius 2 is 0.648 bits per heavy atom. The number of carbonyl (C=O) groups excluding carboxylic acids is 8. The topological polar surface area (TPSA) is 266 Å². The zero-order valence-electron chi connectivity index (χ0n) is 79.1. The third-order valence-corrected chi connectivity index (χ3v) is 20.3. The lowest BCUT2D eigenvalue weighted by Gasteiger charge is -2.21. The van der Waals surface area contributed by atoms with E-state index in [2.05, 4.69) is 198 Å². The SMILES string of the molecule is C=C(C)C(=O)OCCCC(=O)OCCOc1ccc(C(C)C)cc1.C=C(C)C(=O)OCCOC(=O)Cc1ccc(C(C)C)cc1.C=CC(=O)OCCCC(=O)OCCOc1ccc(C(C)C)cc1.C=CC(=O)OCCOC(=O)Cc1ccc(C(C)C)cc1.CC(C)OC(COc1ccc(C(C)C)cc1)CSC1=CCC=C1.CC(C)OCC(CSC1=CCC=C1)OC(C)C. The van der Waals surface area contributed by atoms with Crippen molar-refractivity contribution in [3.8, 4) is 17.2 Å². The Balaban J connectivity index is 0.000000522. The molecule has 0 bridgehead atoms. The summed E-state index contributed by atoms with van der Waals surface area (Å²) in [5.41, 5.74) is 8.79. The molecule has 0 saturated carbocycles. The maximum atomic E-state index is 11.6. The monoisotopic (exact) mass is 1810 g/mol. The number of ether oxygens (including phenoxy) is 14. The van der Waals surface area contributed by atoms with Gasteiger partial charge in [0, 0.05) is 57.5 Å². The summed E-state index contributed by atoms with van der Waals surface area (Å²) >= 11 is 3.70. The minimum Gasteiger partial charge on any atom is -0.491 e. The Kier molecular flexibility index (Phi) is 60.4. The number of esters is 8. The van der Waals surface area contributed by atoms with Crippen LogP contribution < -0.4 is 14.2 Å². The second kappa shape index (κ2) is 67.9. The summed E-state index contributed by atoms with van der Waals surface area (Å²) < 4.78 is 73.7. The Bertz CT molecular complexity index is 4190. The molecule has 22 nitrogen and oxygen atoms in total. The van der Waals surface area contributed by atoms with Gasteiger partial charge in [0.15, 0.2) is 0 Å². The van der Waals surface area contributed by atoms with Crippen LogP contribution in [0.15, 0.2) is 217 Å². The van der Waals surface area contributed by atoms with Crippen molar-refractivity contribution in [3.05, 3.63) is 256 Å². The van der Waals surface area contributed by atoms with Crippen molar-refractivity contribution in [2.75, 3.05) is 90.8 Å². The molecule has 2 unspecified atom stereocenters. The molecule has 0 amide bonds. The van der Waals surface area contributed by atoms with Gasteiger partial charge in [-0.15, -0.1) is 23.5 Å². The van der Waals surface area contributed by atoms with Crippen LogP contribution in [0.3, 0.4) is 0 Å². The average Bonchev–Trinajstić information content (AvgIpc) is 1.31. The Morgan fingerprint density at radius 3 is 0.969 bits per heavy atom. The van der Waals surface area contributed by atoms with Crippen molar-refractivity contribution >= 4 is 71.3 Å². The maximum absolute atomic E-state index is 11.6. The van der Waals surface area contributed by atoms with Crippen LogP contribution >= 0.6 is 23.5 Å². The predicted octanol–water partition coefficient (Wildman–Crippen LogP) is 21.9. The Morgan fingerprint density at radius 1 is 0.352 bits per heavy atom. The average molecular weight is 1810 g/mol. The molecule has 0 radical (unpaired) electrons. The summed E-state index contributed by atoms with van der Waals surface area (Å²) in [5, 5.41) is 0. The third kappa shape index (κ3) is 56.8. The molecule has 704 valence electrons. The molecule has 5 aromatic carbocycles. The second-order valence-corrected chi connectivity index (χ2v) is 34.3. The van der Waals surface area contributed by atoms with E-state index >= 15 is 0 Å². The van der Waals surface area contributed by atoms with Crippen LogP contribution in [0.1, 0.15) is 232 Å². The van der Waals surface area contributed by atoms with Crippen LogP contribution in [-0.4, -0.2) is 169 Å². The van der Waals surface area contributed by atoms with Gasteiger partial charge in [-0.2, -0.15) is 0 Å². The largest absolute Gasteiger partial charge is 0.491 e. The first-order valence-corrected chi connectivity index (χ1v) is 46.1. The van der Waals surface area contributed by atoms with E-state index in [1.807, 2.05) is 121 Å². The number of benzene rings is 5.